The van der Waals surface area contributed by atoms with Crippen molar-refractivity contribution in [2.75, 3.05) is 6.54 Å². The Kier molecular flexibility index (Phi) is 3.91. The van der Waals surface area contributed by atoms with Crippen LogP contribution in [0.15, 0.2) is 18.7 Å². The van der Waals surface area contributed by atoms with Crippen LogP contribution < -0.4 is 5.32 Å². The Balaban J connectivity index is 2.04. The second-order valence-corrected chi connectivity index (χ2v) is 5.78. The van der Waals surface area contributed by atoms with Crippen molar-refractivity contribution >= 4 is 0 Å². The fourth-order valence-electron chi connectivity index (χ4n) is 2.30. The zero-order valence-electron chi connectivity index (χ0n) is 11.9. The summed E-state index contributed by atoms with van der Waals surface area (Å²) in [6, 6.07) is 2.95. The van der Waals surface area contributed by atoms with Gasteiger partial charge in [0.25, 0.3) is 0 Å². The molecule has 0 spiro atoms. The van der Waals surface area contributed by atoms with Crippen molar-refractivity contribution in [2.24, 2.45) is 5.41 Å². The third-order valence-corrected chi connectivity index (χ3v) is 3.73. The number of nitrogens with one attached hydrogen (secondary N) is 1. The second kappa shape index (κ2) is 5.27. The smallest absolute Gasteiger partial charge is 0.0596 e. The molecule has 18 heavy (non-hydrogen) atoms. The molecular formula is C15H25N3. The first kappa shape index (κ1) is 13.3. The zero-order chi connectivity index (χ0) is 13.2. The van der Waals surface area contributed by atoms with Crippen molar-refractivity contribution in [1.29, 1.82) is 0 Å². The topological polar surface area (TPSA) is 29.9 Å². The van der Waals surface area contributed by atoms with Crippen LogP contribution in [0.3, 0.4) is 0 Å². The fraction of sp³-hybridized carbons (Fsp3) is 0.667. The summed E-state index contributed by atoms with van der Waals surface area (Å²) in [5, 5.41) is 8.13. The number of aryl methyl sites for hydroxylation is 2. The minimum absolute atomic E-state index is 0.113. The average molecular weight is 247 g/mol. The minimum Gasteiger partial charge on any atom is -0.313 e. The van der Waals surface area contributed by atoms with Gasteiger partial charge in [0.2, 0.25) is 0 Å². The van der Waals surface area contributed by atoms with Gasteiger partial charge in [0.1, 0.15) is 0 Å². The number of aromatic nitrogens is 2. The molecule has 3 heteroatoms. The van der Waals surface area contributed by atoms with Crippen LogP contribution >= 0.6 is 0 Å². The summed E-state index contributed by atoms with van der Waals surface area (Å²) < 4.78 is 2.11. The van der Waals surface area contributed by atoms with E-state index in [0.717, 1.165) is 31.2 Å². The van der Waals surface area contributed by atoms with Crippen LogP contribution in [0.25, 0.3) is 0 Å². The van der Waals surface area contributed by atoms with Gasteiger partial charge in [0, 0.05) is 30.2 Å². The molecule has 1 aliphatic rings. The van der Waals surface area contributed by atoms with E-state index < -0.39 is 0 Å². The van der Waals surface area contributed by atoms with Crippen molar-refractivity contribution in [2.45, 2.75) is 52.6 Å². The van der Waals surface area contributed by atoms with E-state index in [0.29, 0.717) is 0 Å². The minimum atomic E-state index is 0.113. The number of hydrogen-bond donors (Lipinski definition) is 1. The highest BCUT2D eigenvalue weighted by atomic mass is 15.3. The maximum absolute atomic E-state index is 4.52. The molecule has 1 atom stereocenters. The van der Waals surface area contributed by atoms with Gasteiger partial charge in [0.15, 0.2) is 0 Å². The van der Waals surface area contributed by atoms with Crippen molar-refractivity contribution in [3.63, 3.8) is 0 Å². The number of rotatable bonds is 7. The standard InChI is InChI=1S/C15H25N3/c1-5-15(4,11-16-13-7-8-13)10-14-9-12(3)17-18(14)6-2/h5,9,13,16H,1,6-8,10-11H2,2-4H3. The van der Waals surface area contributed by atoms with Gasteiger partial charge in [-0.05, 0) is 39.2 Å². The maximum atomic E-state index is 4.52. The Morgan fingerprint density at radius 2 is 2.33 bits per heavy atom. The van der Waals surface area contributed by atoms with Crippen LogP contribution in [0.2, 0.25) is 0 Å². The van der Waals surface area contributed by atoms with Crippen molar-refractivity contribution in [1.82, 2.24) is 15.1 Å². The van der Waals surface area contributed by atoms with Gasteiger partial charge in [0.05, 0.1) is 5.69 Å². The lowest BCUT2D eigenvalue weighted by atomic mass is 9.85. The molecular weight excluding hydrogens is 222 g/mol. The summed E-state index contributed by atoms with van der Waals surface area (Å²) >= 11 is 0. The van der Waals surface area contributed by atoms with Crippen LogP contribution in [0.4, 0.5) is 0 Å². The van der Waals surface area contributed by atoms with Crippen molar-refractivity contribution < 1.29 is 0 Å². The fourth-order valence-corrected chi connectivity index (χ4v) is 2.30. The summed E-state index contributed by atoms with van der Waals surface area (Å²) in [6.07, 6.45) is 5.76. The SMILES string of the molecule is C=CC(C)(CNC1CC1)Cc1cc(C)nn1CC. The summed E-state index contributed by atoms with van der Waals surface area (Å²) in [6.45, 7) is 12.4. The molecule has 1 aromatic rings. The van der Waals surface area contributed by atoms with E-state index in [2.05, 4.69) is 54.6 Å². The van der Waals surface area contributed by atoms with Gasteiger partial charge in [-0.2, -0.15) is 5.10 Å². The number of nitrogens with zero attached hydrogens (tertiary/aromatic N) is 2. The quantitative estimate of drug-likeness (QED) is 0.751. The first-order chi connectivity index (χ1) is 8.56. The van der Waals surface area contributed by atoms with Crippen LogP contribution in [0.5, 0.6) is 0 Å². The molecule has 2 rings (SSSR count). The van der Waals surface area contributed by atoms with Crippen LogP contribution in [0, 0.1) is 12.3 Å². The Morgan fingerprint density at radius 1 is 1.61 bits per heavy atom. The third kappa shape index (κ3) is 3.22. The monoisotopic (exact) mass is 247 g/mol. The Morgan fingerprint density at radius 3 is 2.89 bits per heavy atom. The zero-order valence-corrected chi connectivity index (χ0v) is 11.9. The largest absolute Gasteiger partial charge is 0.313 e. The molecule has 100 valence electrons. The molecule has 0 saturated heterocycles. The predicted molar refractivity (Wildman–Crippen MR) is 75.7 cm³/mol. The Bertz CT molecular complexity index is 417. The summed E-state index contributed by atoms with van der Waals surface area (Å²) in [4.78, 5) is 0. The van der Waals surface area contributed by atoms with E-state index in [4.69, 9.17) is 0 Å². The molecule has 1 aromatic heterocycles. The first-order valence-electron chi connectivity index (χ1n) is 6.96. The van der Waals surface area contributed by atoms with Gasteiger partial charge in [-0.1, -0.05) is 13.0 Å². The molecule has 0 aliphatic heterocycles. The second-order valence-electron chi connectivity index (χ2n) is 5.78. The lowest BCUT2D eigenvalue weighted by Gasteiger charge is -2.26. The third-order valence-electron chi connectivity index (χ3n) is 3.73. The highest BCUT2D eigenvalue weighted by Gasteiger charge is 2.27. The molecule has 1 heterocycles. The predicted octanol–water partition coefficient (Wildman–Crippen LogP) is 2.70. The van der Waals surface area contributed by atoms with Gasteiger partial charge in [-0.15, -0.1) is 6.58 Å². The van der Waals surface area contributed by atoms with E-state index in [-0.39, 0.29) is 5.41 Å². The van der Waals surface area contributed by atoms with E-state index in [1.54, 1.807) is 0 Å². The molecule has 0 amide bonds. The average Bonchev–Trinajstić information content (AvgIpc) is 3.11. The first-order valence-corrected chi connectivity index (χ1v) is 6.96. The molecule has 1 unspecified atom stereocenters. The Hall–Kier alpha value is -1.09. The van der Waals surface area contributed by atoms with Crippen LogP contribution in [0.1, 0.15) is 38.1 Å². The molecule has 3 nitrogen and oxygen atoms in total. The summed E-state index contributed by atoms with van der Waals surface area (Å²) in [7, 11) is 0. The van der Waals surface area contributed by atoms with Crippen LogP contribution in [-0.4, -0.2) is 22.4 Å². The Labute approximate surface area is 110 Å². The highest BCUT2D eigenvalue weighted by molar-refractivity contribution is 5.13. The maximum Gasteiger partial charge on any atom is 0.0596 e. The van der Waals surface area contributed by atoms with E-state index in [9.17, 15) is 0 Å². The molecule has 0 bridgehead atoms. The highest BCUT2D eigenvalue weighted by Crippen LogP contribution is 2.26. The normalized spacial score (nSPS) is 18.6. The van der Waals surface area contributed by atoms with E-state index >= 15 is 0 Å². The molecule has 1 saturated carbocycles. The van der Waals surface area contributed by atoms with Crippen molar-refractivity contribution in [3.8, 4) is 0 Å². The van der Waals surface area contributed by atoms with Gasteiger partial charge in [-0.3, -0.25) is 4.68 Å². The lowest BCUT2D eigenvalue weighted by molar-refractivity contribution is 0.376. The lowest BCUT2D eigenvalue weighted by Crippen LogP contribution is -2.33. The van der Waals surface area contributed by atoms with E-state index in [1.807, 2.05) is 0 Å². The number of hydrogen-bond acceptors (Lipinski definition) is 2. The van der Waals surface area contributed by atoms with E-state index in [1.165, 1.54) is 18.5 Å². The van der Waals surface area contributed by atoms with Crippen molar-refractivity contribution in [3.05, 3.63) is 30.1 Å². The molecule has 0 radical (unpaired) electrons. The molecule has 1 fully saturated rings. The van der Waals surface area contributed by atoms with Gasteiger partial charge in [-0.25, -0.2) is 0 Å². The van der Waals surface area contributed by atoms with Gasteiger partial charge < -0.3 is 5.32 Å². The molecule has 0 aromatic carbocycles. The molecule has 1 aliphatic carbocycles. The molecule has 1 N–H and O–H groups in total. The summed E-state index contributed by atoms with van der Waals surface area (Å²) in [5.41, 5.74) is 2.53. The van der Waals surface area contributed by atoms with Gasteiger partial charge >= 0.3 is 0 Å². The van der Waals surface area contributed by atoms with Crippen LogP contribution in [-0.2, 0) is 13.0 Å². The summed E-state index contributed by atoms with van der Waals surface area (Å²) in [5.74, 6) is 0.